The van der Waals surface area contributed by atoms with Gasteiger partial charge in [-0.25, -0.2) is 0 Å². The number of nitrogens with one attached hydrogen (secondary N) is 1. The molecule has 0 aliphatic carbocycles. The molecule has 1 heterocycles. The van der Waals surface area contributed by atoms with Crippen LogP contribution in [0.3, 0.4) is 0 Å². The van der Waals surface area contributed by atoms with E-state index >= 15 is 0 Å². The van der Waals surface area contributed by atoms with E-state index in [0.29, 0.717) is 6.04 Å². The van der Waals surface area contributed by atoms with Gasteiger partial charge < -0.3 is 9.73 Å². The van der Waals surface area contributed by atoms with Crippen molar-refractivity contribution in [1.29, 1.82) is 0 Å². The van der Waals surface area contributed by atoms with Gasteiger partial charge in [-0.05, 0) is 31.6 Å². The molecule has 1 aromatic rings. The fourth-order valence-electron chi connectivity index (χ4n) is 1.94. The van der Waals surface area contributed by atoms with Gasteiger partial charge in [0.25, 0.3) is 0 Å². The van der Waals surface area contributed by atoms with Crippen molar-refractivity contribution in [2.24, 2.45) is 0 Å². The lowest BCUT2D eigenvalue weighted by Gasteiger charge is -2.29. The molecule has 1 N–H and O–H groups in total. The molecule has 1 aromatic heterocycles. The van der Waals surface area contributed by atoms with Crippen LogP contribution in [-0.4, -0.2) is 30.6 Å². The number of likely N-dealkylation sites (N-methyl/N-ethyl adjacent to an activating group) is 2. The highest BCUT2D eigenvalue weighted by molar-refractivity contribution is 4.98. The Morgan fingerprint density at radius 2 is 2.19 bits per heavy atom. The molecule has 3 heteroatoms. The van der Waals surface area contributed by atoms with Crippen molar-refractivity contribution in [3.63, 3.8) is 0 Å². The van der Waals surface area contributed by atoms with E-state index < -0.39 is 0 Å². The number of nitrogens with zero attached hydrogens (tertiary/aromatic N) is 1. The largest absolute Gasteiger partial charge is 0.468 e. The van der Waals surface area contributed by atoms with Crippen LogP contribution in [0.25, 0.3) is 0 Å². The summed E-state index contributed by atoms with van der Waals surface area (Å²) in [6.45, 7) is 10.7. The van der Waals surface area contributed by atoms with E-state index in [1.54, 1.807) is 6.26 Å². The van der Waals surface area contributed by atoms with Crippen molar-refractivity contribution < 1.29 is 4.42 Å². The van der Waals surface area contributed by atoms with E-state index in [-0.39, 0.29) is 0 Å². The molecular formula is C13H24N2O. The summed E-state index contributed by atoms with van der Waals surface area (Å²) in [5.74, 6) is 1.05. The third-order valence-electron chi connectivity index (χ3n) is 2.96. The van der Waals surface area contributed by atoms with Crippen molar-refractivity contribution in [1.82, 2.24) is 10.2 Å². The third kappa shape index (κ3) is 3.99. The first-order chi connectivity index (χ1) is 7.81. The van der Waals surface area contributed by atoms with E-state index in [4.69, 9.17) is 4.42 Å². The SMILES string of the molecule is CCNCC(CC)N(CC)Cc1ccco1. The zero-order chi connectivity index (χ0) is 11.8. The van der Waals surface area contributed by atoms with Crippen LogP contribution >= 0.6 is 0 Å². The van der Waals surface area contributed by atoms with Gasteiger partial charge in [0.15, 0.2) is 0 Å². The highest BCUT2D eigenvalue weighted by Crippen LogP contribution is 2.10. The first-order valence-electron chi connectivity index (χ1n) is 6.28. The predicted molar refractivity (Wildman–Crippen MR) is 67.4 cm³/mol. The Morgan fingerprint density at radius 1 is 1.38 bits per heavy atom. The Hall–Kier alpha value is -0.800. The molecule has 1 rings (SSSR count). The summed E-state index contributed by atoms with van der Waals surface area (Å²) in [6, 6.07) is 4.59. The summed E-state index contributed by atoms with van der Waals surface area (Å²) >= 11 is 0. The van der Waals surface area contributed by atoms with Gasteiger partial charge in [0, 0.05) is 12.6 Å². The molecule has 3 nitrogen and oxygen atoms in total. The fourth-order valence-corrected chi connectivity index (χ4v) is 1.94. The van der Waals surface area contributed by atoms with Crippen LogP contribution in [0.2, 0.25) is 0 Å². The number of furan rings is 1. The average molecular weight is 224 g/mol. The lowest BCUT2D eigenvalue weighted by atomic mass is 10.2. The van der Waals surface area contributed by atoms with Crippen molar-refractivity contribution >= 4 is 0 Å². The Labute approximate surface area is 98.8 Å². The van der Waals surface area contributed by atoms with Gasteiger partial charge in [-0.2, -0.15) is 0 Å². The van der Waals surface area contributed by atoms with E-state index in [1.807, 2.05) is 12.1 Å². The molecule has 0 saturated carbocycles. The second kappa shape index (κ2) is 7.47. The topological polar surface area (TPSA) is 28.4 Å². The van der Waals surface area contributed by atoms with Gasteiger partial charge in [-0.1, -0.05) is 20.8 Å². The van der Waals surface area contributed by atoms with Gasteiger partial charge in [0.05, 0.1) is 12.8 Å². The van der Waals surface area contributed by atoms with E-state index in [2.05, 4.69) is 31.0 Å². The maximum atomic E-state index is 5.40. The monoisotopic (exact) mass is 224 g/mol. The maximum absolute atomic E-state index is 5.40. The Bertz CT molecular complexity index is 259. The Balaban J connectivity index is 2.49. The van der Waals surface area contributed by atoms with Gasteiger partial charge >= 0.3 is 0 Å². The minimum absolute atomic E-state index is 0.593. The Morgan fingerprint density at radius 3 is 2.69 bits per heavy atom. The van der Waals surface area contributed by atoms with Crippen LogP contribution in [0.15, 0.2) is 22.8 Å². The molecule has 1 atom stereocenters. The van der Waals surface area contributed by atoms with Crippen molar-refractivity contribution in [3.8, 4) is 0 Å². The highest BCUT2D eigenvalue weighted by atomic mass is 16.3. The van der Waals surface area contributed by atoms with E-state index in [9.17, 15) is 0 Å². The quantitative estimate of drug-likeness (QED) is 0.735. The fraction of sp³-hybridized carbons (Fsp3) is 0.692. The highest BCUT2D eigenvalue weighted by Gasteiger charge is 2.15. The summed E-state index contributed by atoms with van der Waals surface area (Å²) < 4.78 is 5.40. The zero-order valence-corrected chi connectivity index (χ0v) is 10.7. The molecule has 0 amide bonds. The molecule has 0 radical (unpaired) electrons. The molecule has 0 saturated heterocycles. The van der Waals surface area contributed by atoms with Gasteiger partial charge in [0.1, 0.15) is 5.76 Å². The van der Waals surface area contributed by atoms with Crippen LogP contribution in [0.1, 0.15) is 33.0 Å². The summed E-state index contributed by atoms with van der Waals surface area (Å²) in [5.41, 5.74) is 0. The molecule has 0 aliphatic rings. The molecule has 0 aliphatic heterocycles. The van der Waals surface area contributed by atoms with Crippen molar-refractivity contribution in [2.75, 3.05) is 19.6 Å². The third-order valence-corrected chi connectivity index (χ3v) is 2.96. The molecule has 92 valence electrons. The van der Waals surface area contributed by atoms with Crippen LogP contribution in [-0.2, 0) is 6.54 Å². The normalized spacial score (nSPS) is 13.2. The van der Waals surface area contributed by atoms with Gasteiger partial charge in [0.2, 0.25) is 0 Å². The van der Waals surface area contributed by atoms with Crippen molar-refractivity contribution in [3.05, 3.63) is 24.2 Å². The first-order valence-corrected chi connectivity index (χ1v) is 6.28. The van der Waals surface area contributed by atoms with Crippen LogP contribution in [0.4, 0.5) is 0 Å². The van der Waals surface area contributed by atoms with Crippen molar-refractivity contribution in [2.45, 2.75) is 39.8 Å². The molecule has 0 bridgehead atoms. The first kappa shape index (κ1) is 13.3. The zero-order valence-electron chi connectivity index (χ0n) is 10.7. The van der Waals surface area contributed by atoms with Crippen LogP contribution in [0.5, 0.6) is 0 Å². The second-order valence-corrected chi connectivity index (χ2v) is 4.01. The smallest absolute Gasteiger partial charge is 0.117 e. The molecule has 0 spiro atoms. The summed E-state index contributed by atoms with van der Waals surface area (Å²) in [4.78, 5) is 2.46. The maximum Gasteiger partial charge on any atom is 0.117 e. The molecule has 0 aromatic carbocycles. The van der Waals surface area contributed by atoms with Crippen LogP contribution in [0, 0.1) is 0 Å². The lowest BCUT2D eigenvalue weighted by Crippen LogP contribution is -2.41. The molecule has 0 fully saturated rings. The standard InChI is InChI=1S/C13H24N2O/c1-4-12(10-14-5-2)15(6-3)11-13-8-7-9-16-13/h7-9,12,14H,4-6,10-11H2,1-3H3. The number of hydrogen-bond donors (Lipinski definition) is 1. The Kier molecular flexibility index (Phi) is 6.19. The summed E-state index contributed by atoms with van der Waals surface area (Å²) in [7, 11) is 0. The van der Waals surface area contributed by atoms with Gasteiger partial charge in [-0.15, -0.1) is 0 Å². The summed E-state index contributed by atoms with van der Waals surface area (Å²) in [5, 5.41) is 3.42. The molecule has 16 heavy (non-hydrogen) atoms. The number of hydrogen-bond acceptors (Lipinski definition) is 3. The van der Waals surface area contributed by atoms with Crippen LogP contribution < -0.4 is 5.32 Å². The second-order valence-electron chi connectivity index (χ2n) is 4.01. The summed E-state index contributed by atoms with van der Waals surface area (Å²) in [6.07, 6.45) is 2.91. The molecular weight excluding hydrogens is 200 g/mol. The number of rotatable bonds is 8. The minimum atomic E-state index is 0.593. The van der Waals surface area contributed by atoms with E-state index in [0.717, 1.165) is 31.9 Å². The van der Waals surface area contributed by atoms with Gasteiger partial charge in [-0.3, -0.25) is 4.90 Å². The molecule has 1 unspecified atom stereocenters. The minimum Gasteiger partial charge on any atom is -0.468 e. The average Bonchev–Trinajstić information content (AvgIpc) is 2.81. The lowest BCUT2D eigenvalue weighted by molar-refractivity contribution is 0.175. The predicted octanol–water partition coefficient (Wildman–Crippen LogP) is 2.49. The van der Waals surface area contributed by atoms with E-state index in [1.165, 1.54) is 6.42 Å².